The largest absolute Gasteiger partial charge is 0.462 e. The van der Waals surface area contributed by atoms with E-state index in [0.29, 0.717) is 28.1 Å². The topological polar surface area (TPSA) is 52.6 Å². The molecule has 4 unspecified atom stereocenters. The zero-order valence-corrected chi connectivity index (χ0v) is 21.5. The number of carbonyl (C=O) groups excluding carboxylic acids is 2. The average molecular weight is 515 g/mol. The summed E-state index contributed by atoms with van der Waals surface area (Å²) >= 11 is 4.06. The Balaban J connectivity index is 1.37. The van der Waals surface area contributed by atoms with Crippen molar-refractivity contribution in [2.75, 3.05) is 0 Å². The summed E-state index contributed by atoms with van der Waals surface area (Å²) in [5.74, 6) is 1.32. The number of rotatable bonds is 3. The lowest BCUT2D eigenvalue weighted by Gasteiger charge is -2.59. The SMILES string of the molecule is CC(=O)O[C@H]1CC[C@@]2(C)C(=CC(Br)C3C2CC[C@@]2(C)C3CC[C@@H]2OC(=O)c2ccccc2)C1. The third-order valence-corrected chi connectivity index (χ3v) is 10.4. The van der Waals surface area contributed by atoms with Crippen molar-refractivity contribution in [3.63, 3.8) is 0 Å². The summed E-state index contributed by atoms with van der Waals surface area (Å²) in [5.41, 5.74) is 2.30. The van der Waals surface area contributed by atoms with E-state index in [1.807, 2.05) is 30.3 Å². The molecule has 3 fully saturated rings. The Morgan fingerprint density at radius 2 is 1.73 bits per heavy atom. The van der Waals surface area contributed by atoms with E-state index in [1.165, 1.54) is 12.5 Å². The number of alkyl halides is 1. The molecule has 5 rings (SSSR count). The van der Waals surface area contributed by atoms with Gasteiger partial charge in [-0.1, -0.05) is 59.6 Å². The van der Waals surface area contributed by atoms with Crippen LogP contribution in [0.15, 0.2) is 42.0 Å². The molecule has 0 aliphatic heterocycles. The predicted octanol–water partition coefficient (Wildman–Crippen LogP) is 6.48. The van der Waals surface area contributed by atoms with Crippen LogP contribution >= 0.6 is 15.9 Å². The first kappa shape index (κ1) is 23.1. The Bertz CT molecular complexity index is 958. The molecule has 0 bridgehead atoms. The molecular formula is C28H35BrO4. The lowest BCUT2D eigenvalue weighted by atomic mass is 9.48. The highest BCUT2D eigenvalue weighted by molar-refractivity contribution is 9.09. The van der Waals surface area contributed by atoms with E-state index in [9.17, 15) is 9.59 Å². The molecule has 33 heavy (non-hydrogen) atoms. The second-order valence-corrected chi connectivity index (χ2v) is 12.3. The molecule has 0 heterocycles. The smallest absolute Gasteiger partial charge is 0.338 e. The first-order chi connectivity index (χ1) is 15.7. The molecule has 1 aromatic carbocycles. The molecule has 4 aliphatic carbocycles. The minimum Gasteiger partial charge on any atom is -0.462 e. The van der Waals surface area contributed by atoms with Crippen molar-refractivity contribution in [3.05, 3.63) is 47.5 Å². The summed E-state index contributed by atoms with van der Waals surface area (Å²) in [6.45, 7) is 6.32. The van der Waals surface area contributed by atoms with Crippen LogP contribution in [0.1, 0.15) is 76.1 Å². The van der Waals surface area contributed by atoms with E-state index in [0.717, 1.165) is 44.9 Å². The molecule has 8 atom stereocenters. The molecule has 3 saturated carbocycles. The van der Waals surface area contributed by atoms with Crippen molar-refractivity contribution in [2.45, 2.75) is 82.8 Å². The second-order valence-electron chi connectivity index (χ2n) is 11.2. The standard InChI is InChI=1S/C28H35BrO4/c1-17(30)32-20-11-13-27(2)19(15-20)16-23(29)25-21-9-10-24(28(21,3)14-12-22(25)27)33-26(31)18-7-5-4-6-8-18/h4-8,16,20-25H,9-15H2,1-3H3/t20-,21?,22?,23?,24-,25?,27-,28-/m0/s1. The third-order valence-electron chi connectivity index (χ3n) is 9.55. The first-order valence-corrected chi connectivity index (χ1v) is 13.4. The fourth-order valence-electron chi connectivity index (χ4n) is 7.82. The van der Waals surface area contributed by atoms with Crippen molar-refractivity contribution in [3.8, 4) is 0 Å². The maximum absolute atomic E-state index is 12.8. The van der Waals surface area contributed by atoms with E-state index in [2.05, 4.69) is 35.9 Å². The van der Waals surface area contributed by atoms with Crippen LogP contribution in [-0.2, 0) is 14.3 Å². The number of allylic oxidation sites excluding steroid dienone is 1. The number of hydrogen-bond acceptors (Lipinski definition) is 4. The Morgan fingerprint density at radius 3 is 2.45 bits per heavy atom. The molecule has 0 amide bonds. The van der Waals surface area contributed by atoms with Gasteiger partial charge in [0.05, 0.1) is 5.56 Å². The number of halogens is 1. The lowest BCUT2D eigenvalue weighted by molar-refractivity contribution is -0.148. The summed E-state index contributed by atoms with van der Waals surface area (Å²) < 4.78 is 11.7. The summed E-state index contributed by atoms with van der Waals surface area (Å²) in [6.07, 6.45) is 9.64. The van der Waals surface area contributed by atoms with Crippen LogP contribution in [-0.4, -0.2) is 29.0 Å². The van der Waals surface area contributed by atoms with Gasteiger partial charge in [-0.2, -0.15) is 0 Å². The maximum Gasteiger partial charge on any atom is 0.338 e. The van der Waals surface area contributed by atoms with Gasteiger partial charge in [0.15, 0.2) is 0 Å². The van der Waals surface area contributed by atoms with Crippen LogP contribution in [0.2, 0.25) is 0 Å². The van der Waals surface area contributed by atoms with Crippen molar-refractivity contribution in [2.24, 2.45) is 28.6 Å². The van der Waals surface area contributed by atoms with Crippen LogP contribution in [0.4, 0.5) is 0 Å². The van der Waals surface area contributed by atoms with Gasteiger partial charge in [-0.25, -0.2) is 4.79 Å². The van der Waals surface area contributed by atoms with Gasteiger partial charge in [-0.3, -0.25) is 4.79 Å². The van der Waals surface area contributed by atoms with Crippen LogP contribution in [0.5, 0.6) is 0 Å². The third kappa shape index (κ3) is 3.88. The van der Waals surface area contributed by atoms with E-state index in [1.54, 1.807) is 0 Å². The zero-order chi connectivity index (χ0) is 23.4. The molecule has 0 saturated heterocycles. The number of fused-ring (bicyclic) bond motifs is 5. The molecule has 0 spiro atoms. The molecule has 1 aromatic rings. The van der Waals surface area contributed by atoms with Crippen LogP contribution in [0.3, 0.4) is 0 Å². The minimum atomic E-state index is -0.193. The van der Waals surface area contributed by atoms with Gasteiger partial charge in [0.25, 0.3) is 0 Å². The fraction of sp³-hybridized carbons (Fsp3) is 0.643. The summed E-state index contributed by atoms with van der Waals surface area (Å²) in [5, 5.41) is 0. The lowest BCUT2D eigenvalue weighted by Crippen LogP contribution is -2.54. The van der Waals surface area contributed by atoms with E-state index in [-0.39, 0.29) is 35.0 Å². The quantitative estimate of drug-likeness (QED) is 0.263. The highest BCUT2D eigenvalue weighted by Gasteiger charge is 2.61. The molecule has 4 aliphatic rings. The Kier molecular flexibility index (Phi) is 5.99. The van der Waals surface area contributed by atoms with Gasteiger partial charge in [-0.05, 0) is 73.8 Å². The Hall–Kier alpha value is -1.62. The first-order valence-electron chi connectivity index (χ1n) is 12.5. The molecule has 5 heteroatoms. The van der Waals surface area contributed by atoms with Crippen LogP contribution in [0.25, 0.3) is 0 Å². The Morgan fingerprint density at radius 1 is 0.970 bits per heavy atom. The monoisotopic (exact) mass is 514 g/mol. The summed E-state index contributed by atoms with van der Waals surface area (Å²) in [4.78, 5) is 24.7. The molecule has 0 aromatic heterocycles. The van der Waals surface area contributed by atoms with E-state index in [4.69, 9.17) is 9.47 Å². The van der Waals surface area contributed by atoms with Crippen molar-refractivity contribution in [1.29, 1.82) is 0 Å². The molecular weight excluding hydrogens is 480 g/mol. The van der Waals surface area contributed by atoms with Gasteiger partial charge in [0, 0.05) is 23.6 Å². The minimum absolute atomic E-state index is 0.0141. The van der Waals surface area contributed by atoms with Gasteiger partial charge < -0.3 is 9.47 Å². The normalized spacial score (nSPS) is 41.8. The average Bonchev–Trinajstić information content (AvgIpc) is 3.11. The van der Waals surface area contributed by atoms with Gasteiger partial charge in [0.2, 0.25) is 0 Å². The summed E-state index contributed by atoms with van der Waals surface area (Å²) in [6, 6.07) is 9.37. The highest BCUT2D eigenvalue weighted by atomic mass is 79.9. The van der Waals surface area contributed by atoms with E-state index < -0.39 is 0 Å². The fourth-order valence-corrected chi connectivity index (χ4v) is 8.88. The number of hydrogen-bond donors (Lipinski definition) is 0. The van der Waals surface area contributed by atoms with Gasteiger partial charge in [0.1, 0.15) is 12.2 Å². The second kappa shape index (κ2) is 8.55. The molecule has 4 nitrogen and oxygen atoms in total. The van der Waals surface area contributed by atoms with E-state index >= 15 is 0 Å². The van der Waals surface area contributed by atoms with Gasteiger partial charge in [-0.15, -0.1) is 0 Å². The number of ether oxygens (including phenoxy) is 2. The number of esters is 2. The molecule has 0 radical (unpaired) electrons. The molecule has 0 N–H and O–H groups in total. The van der Waals surface area contributed by atoms with Crippen molar-refractivity contribution < 1.29 is 19.1 Å². The van der Waals surface area contributed by atoms with Crippen molar-refractivity contribution in [1.82, 2.24) is 0 Å². The van der Waals surface area contributed by atoms with Crippen LogP contribution in [0, 0.1) is 28.6 Å². The predicted molar refractivity (Wildman–Crippen MR) is 131 cm³/mol. The molecule has 178 valence electrons. The highest BCUT2D eigenvalue weighted by Crippen LogP contribution is 2.66. The maximum atomic E-state index is 12.8. The zero-order valence-electron chi connectivity index (χ0n) is 19.9. The number of benzene rings is 1. The van der Waals surface area contributed by atoms with Crippen molar-refractivity contribution >= 4 is 27.9 Å². The van der Waals surface area contributed by atoms with Gasteiger partial charge >= 0.3 is 11.9 Å². The van der Waals surface area contributed by atoms with Crippen LogP contribution < -0.4 is 0 Å². The Labute approximate surface area is 205 Å². The number of carbonyl (C=O) groups is 2. The summed E-state index contributed by atoms with van der Waals surface area (Å²) in [7, 11) is 0.